The number of hydrogen-bond donors (Lipinski definition) is 0. The molecule has 284 valence electrons. The number of rotatable bonds is 5. The van der Waals surface area contributed by atoms with Crippen LogP contribution in [0.25, 0.3) is 66.9 Å². The fourth-order valence-electron chi connectivity index (χ4n) is 8.47. The third kappa shape index (κ3) is 5.20. The minimum atomic E-state index is -6.19. The molecule has 0 N–H and O–H groups in total. The summed E-state index contributed by atoms with van der Waals surface area (Å²) in [6.07, 6.45) is 0. The van der Waals surface area contributed by atoms with Gasteiger partial charge in [0.25, 0.3) is 0 Å². The van der Waals surface area contributed by atoms with Gasteiger partial charge in [0.05, 0.1) is 61.3 Å². The molecule has 60 heavy (non-hydrogen) atoms. The molecule has 0 spiro atoms. The van der Waals surface area contributed by atoms with E-state index in [2.05, 4.69) is 0 Å². The number of benzene rings is 8. The maximum absolute atomic E-state index is 10.6. The predicted octanol–water partition coefficient (Wildman–Crippen LogP) is 9.14. The van der Waals surface area contributed by atoms with Gasteiger partial charge in [-0.1, -0.05) is 188 Å². The molecule has 0 amide bonds. The van der Waals surface area contributed by atoms with Crippen LogP contribution < -0.4 is 20.7 Å². The van der Waals surface area contributed by atoms with Gasteiger partial charge < -0.3 is 4.74 Å². The third-order valence-electron chi connectivity index (χ3n) is 10.9. The van der Waals surface area contributed by atoms with E-state index in [-0.39, 0.29) is 25.1 Å². The molecule has 11 aromatic rings. The molecule has 0 saturated carbocycles. The van der Waals surface area contributed by atoms with Crippen molar-refractivity contribution in [3.8, 4) is 23.3 Å². The highest BCUT2D eigenvalue weighted by atomic mass is 28.3. The molecule has 0 unspecified atom stereocenters. The van der Waals surface area contributed by atoms with Gasteiger partial charge in [0, 0.05) is 38.2 Å². The topological polar surface area (TPSA) is 57.8 Å². The Labute approximate surface area is 374 Å². The number of fused-ring (bicyclic) bond motifs is 10. The quantitative estimate of drug-likeness (QED) is 0.129. The Morgan fingerprint density at radius 2 is 0.900 bits per heavy atom. The van der Waals surface area contributed by atoms with E-state index in [1.807, 2.05) is 84.9 Å². The summed E-state index contributed by atoms with van der Waals surface area (Å²) >= 11 is 0. The number of aromatic nitrogens is 5. The van der Waals surface area contributed by atoms with Crippen molar-refractivity contribution in [1.29, 1.82) is 0 Å². The van der Waals surface area contributed by atoms with Crippen LogP contribution in [0, 0.1) is 0 Å². The lowest BCUT2D eigenvalue weighted by Crippen LogP contribution is -2.74. The second kappa shape index (κ2) is 13.8. The van der Waals surface area contributed by atoms with E-state index in [9.17, 15) is 13.7 Å². The second-order valence-corrected chi connectivity index (χ2v) is 17.6. The van der Waals surface area contributed by atoms with Gasteiger partial charge in [0.1, 0.15) is 0 Å². The Morgan fingerprint density at radius 3 is 1.40 bits per heavy atom. The molecule has 12 rings (SSSR count). The number of nitrogens with zero attached hydrogens (tertiary/aromatic N) is 5. The first-order valence-electron chi connectivity index (χ1n) is 28.4. The second-order valence-electron chi connectivity index (χ2n) is 14.1. The van der Waals surface area contributed by atoms with Crippen molar-refractivity contribution in [3.05, 3.63) is 211 Å². The van der Waals surface area contributed by atoms with Crippen molar-refractivity contribution >= 4 is 72.4 Å². The molecule has 1 aliphatic heterocycles. The summed E-state index contributed by atoms with van der Waals surface area (Å²) in [5.41, 5.74) is 3.19. The minimum Gasteiger partial charge on any atom is -0.372 e. The zero-order chi connectivity index (χ0) is 56.2. The van der Waals surface area contributed by atoms with E-state index >= 15 is 0 Å². The monoisotopic (exact) mass is 806 g/mol. The van der Waals surface area contributed by atoms with Crippen LogP contribution in [0.3, 0.4) is 0 Å². The van der Waals surface area contributed by atoms with E-state index in [1.54, 1.807) is 9.13 Å². The van der Waals surface area contributed by atoms with Gasteiger partial charge in [-0.05, 0) is 32.9 Å². The Balaban J connectivity index is 1.34. The Morgan fingerprint density at radius 1 is 0.450 bits per heavy atom. The summed E-state index contributed by atoms with van der Waals surface area (Å²) in [6, 6.07) is 6.19. The summed E-state index contributed by atoms with van der Waals surface area (Å²) in [6.45, 7) is 0.218. The number of para-hydroxylation sites is 4. The first kappa shape index (κ1) is 20.5. The fourth-order valence-corrected chi connectivity index (χ4v) is 12.0. The molecular weight excluding hydrogens is 751 g/mol. The molecule has 3 aromatic heterocycles. The first-order valence-corrected chi connectivity index (χ1v) is 20.9. The summed E-state index contributed by atoms with van der Waals surface area (Å²) in [7, 11) is -6.19. The largest absolute Gasteiger partial charge is 0.372 e. The fraction of sp³-hybridized carbons (Fsp3) is 0.0377. The molecule has 0 saturated heterocycles. The van der Waals surface area contributed by atoms with Crippen LogP contribution in [-0.2, 0) is 18.0 Å². The van der Waals surface area contributed by atoms with Crippen LogP contribution in [-0.4, -0.2) is 32.2 Å². The first-order chi connectivity index (χ1) is 37.7. The normalized spacial score (nSPS) is 17.2. The number of hydrogen-bond acceptors (Lipinski definition) is 4. The maximum Gasteiger partial charge on any atom is 0.240 e. The van der Waals surface area contributed by atoms with Gasteiger partial charge in [-0.15, -0.1) is 0 Å². The highest BCUT2D eigenvalue weighted by Gasteiger charge is 2.41. The maximum atomic E-state index is 10.6. The summed E-state index contributed by atoms with van der Waals surface area (Å²) in [5.74, 6) is -0.680. The minimum absolute atomic E-state index is 0.0881. The Hall–Kier alpha value is -7.45. The number of ether oxygens (including phenoxy) is 1. The predicted molar refractivity (Wildman–Crippen MR) is 246 cm³/mol. The molecule has 7 heteroatoms. The molecule has 4 heterocycles. The van der Waals surface area contributed by atoms with Crippen LogP contribution in [0.1, 0.15) is 37.2 Å². The summed E-state index contributed by atoms with van der Waals surface area (Å²) in [5, 5.41) is -0.742. The van der Waals surface area contributed by atoms with Crippen LogP contribution in [0.2, 0.25) is 0 Å². The van der Waals surface area contributed by atoms with Crippen molar-refractivity contribution in [2.75, 3.05) is 0 Å². The molecule has 0 aliphatic carbocycles. The zero-order valence-electron chi connectivity index (χ0n) is 50.1. The van der Waals surface area contributed by atoms with Crippen molar-refractivity contribution in [3.63, 3.8) is 0 Å². The van der Waals surface area contributed by atoms with Gasteiger partial charge >= 0.3 is 0 Å². The van der Waals surface area contributed by atoms with Gasteiger partial charge in [-0.3, -0.25) is 9.13 Å². The molecule has 0 atom stereocenters. The Bertz CT molecular complexity index is 4170. The van der Waals surface area contributed by atoms with Crippen LogP contribution in [0.15, 0.2) is 200 Å². The zero-order valence-corrected chi connectivity index (χ0v) is 32.1. The van der Waals surface area contributed by atoms with E-state index < -0.39 is 155 Å². The average molecular weight is 807 g/mol. The van der Waals surface area contributed by atoms with Crippen molar-refractivity contribution < 1.29 is 30.8 Å². The Kier molecular flexibility index (Phi) is 4.73. The van der Waals surface area contributed by atoms with Crippen LogP contribution in [0.5, 0.6) is 0 Å². The smallest absolute Gasteiger partial charge is 0.240 e. The average Bonchev–Trinajstić information content (AvgIpc) is 3.12. The standard InChI is InChI=1S/C53H37N5OSi/c1-4-20-39(21-5-1)60(40-22-6-2-7-23-40,41-24-8-3-9-25-41)42-26-14-17-36(33-42)51-54-52-56-53(55-51)58-48-32-13-11-28-44(48)46-30-16-19-38(50(46)58)35-59-34-37-18-15-29-45-43-27-10-12-31-47(43)57(52)49(37)45/h1-33H,34-35H2/i1D,2D,3D,4D,5D,6D,7D,8D,9D,14D,17D,20D,21D,22D,23D,24D,25D,26D,33D. The molecular formula is C53H37N5OSi. The van der Waals surface area contributed by atoms with Crippen molar-refractivity contribution in [1.82, 2.24) is 24.1 Å². The summed E-state index contributed by atoms with van der Waals surface area (Å²) in [4.78, 5) is 15.3. The van der Waals surface area contributed by atoms with Crippen LogP contribution in [0.4, 0.5) is 0 Å². The van der Waals surface area contributed by atoms with E-state index in [1.165, 1.54) is 0 Å². The van der Waals surface area contributed by atoms with Crippen molar-refractivity contribution in [2.45, 2.75) is 13.2 Å². The third-order valence-corrected chi connectivity index (χ3v) is 14.9. The van der Waals surface area contributed by atoms with Gasteiger partial charge in [0.2, 0.25) is 11.9 Å². The van der Waals surface area contributed by atoms with E-state index in [0.29, 0.717) is 33.2 Å². The highest BCUT2D eigenvalue weighted by molar-refractivity contribution is 7.19. The lowest BCUT2D eigenvalue weighted by Gasteiger charge is -2.34. The molecule has 0 radical (unpaired) electrons. The summed E-state index contributed by atoms with van der Waals surface area (Å²) < 4.78 is 188. The van der Waals surface area contributed by atoms with Gasteiger partial charge in [-0.2, -0.15) is 15.0 Å². The molecule has 2 bridgehead atoms. The molecule has 8 aromatic carbocycles. The molecule has 6 nitrogen and oxygen atoms in total. The molecule has 0 fully saturated rings. The highest BCUT2D eigenvalue weighted by Crippen LogP contribution is 2.37. The van der Waals surface area contributed by atoms with Crippen molar-refractivity contribution in [2.24, 2.45) is 0 Å². The van der Waals surface area contributed by atoms with Gasteiger partial charge in [-0.25, -0.2) is 0 Å². The molecule has 1 aliphatic rings. The van der Waals surface area contributed by atoms with Crippen LogP contribution >= 0.6 is 0 Å². The lowest BCUT2D eigenvalue weighted by atomic mass is 10.1. The van der Waals surface area contributed by atoms with E-state index in [0.717, 1.165) is 21.5 Å². The van der Waals surface area contributed by atoms with Gasteiger partial charge in [0.15, 0.2) is 13.9 Å². The SMILES string of the molecule is [2H]c1c([2H])c([2H])c([Si](c2c([2H])c([2H])c([2H])c([2H])c2[2H])(c2c([2H])c([2H])c([2H])c([2H])c2[2H])c2c([2H])c([2H])c([2H])c(-c3nc4nc(n3)-n3c5ccccc5c5cccc(c53)COCc3cccc5c6ccccc6n-4c35)c2[2H])c([2H])c1[2H]. The van der Waals surface area contributed by atoms with E-state index in [4.69, 9.17) is 32.0 Å². The lowest BCUT2D eigenvalue weighted by molar-refractivity contribution is 0.108.